The van der Waals surface area contributed by atoms with Crippen LogP contribution in [0.4, 0.5) is 5.69 Å². The Morgan fingerprint density at radius 1 is 1.47 bits per heavy atom. The zero-order valence-corrected chi connectivity index (χ0v) is 12.1. The largest absolute Gasteiger partial charge is 0.388 e. The van der Waals surface area contributed by atoms with Crippen LogP contribution in [-0.2, 0) is 4.74 Å². The molecule has 5 heteroatoms. The van der Waals surface area contributed by atoms with Crippen molar-refractivity contribution in [3.05, 3.63) is 24.0 Å². The van der Waals surface area contributed by atoms with Gasteiger partial charge in [0.15, 0.2) is 0 Å². The van der Waals surface area contributed by atoms with Crippen molar-refractivity contribution in [2.45, 2.75) is 20.3 Å². The molecule has 1 aromatic rings. The number of ether oxygens (including phenoxy) is 1. The van der Waals surface area contributed by atoms with E-state index in [2.05, 4.69) is 29.5 Å². The highest BCUT2D eigenvalue weighted by Gasteiger charge is 2.19. The number of amides is 1. The Labute approximate surface area is 114 Å². The van der Waals surface area contributed by atoms with Gasteiger partial charge in [0.2, 0.25) is 0 Å². The highest BCUT2D eigenvalue weighted by atomic mass is 16.5. The van der Waals surface area contributed by atoms with E-state index in [-0.39, 0.29) is 11.3 Å². The van der Waals surface area contributed by atoms with Crippen LogP contribution in [0.5, 0.6) is 0 Å². The Morgan fingerprint density at radius 2 is 2.21 bits per heavy atom. The number of anilines is 1. The van der Waals surface area contributed by atoms with Crippen molar-refractivity contribution in [1.82, 2.24) is 10.3 Å². The molecule has 0 bridgehead atoms. The molecule has 0 saturated carbocycles. The third-order valence-electron chi connectivity index (χ3n) is 2.99. The summed E-state index contributed by atoms with van der Waals surface area (Å²) >= 11 is 0. The van der Waals surface area contributed by atoms with E-state index in [1.165, 1.54) is 0 Å². The number of carbonyl (C=O) groups excluding carboxylic acids is 1. The average Bonchev–Trinajstić information content (AvgIpc) is 2.43. The van der Waals surface area contributed by atoms with Crippen LogP contribution in [0, 0.1) is 5.41 Å². The molecule has 1 heterocycles. The van der Waals surface area contributed by atoms with Gasteiger partial charge in [0.1, 0.15) is 5.69 Å². The fourth-order valence-corrected chi connectivity index (χ4v) is 1.59. The number of hydrogen-bond acceptors (Lipinski definition) is 4. The Morgan fingerprint density at radius 3 is 2.84 bits per heavy atom. The molecule has 0 atom stereocenters. The Balaban J connectivity index is 2.55. The van der Waals surface area contributed by atoms with Crippen LogP contribution in [0.1, 0.15) is 30.8 Å². The summed E-state index contributed by atoms with van der Waals surface area (Å²) in [6.45, 7) is 5.49. The molecular formula is C14H23N3O2. The molecule has 0 aromatic carbocycles. The number of nitrogens with one attached hydrogen (secondary N) is 2. The minimum Gasteiger partial charge on any atom is -0.388 e. The van der Waals surface area contributed by atoms with Crippen molar-refractivity contribution in [1.29, 1.82) is 0 Å². The lowest BCUT2D eigenvalue weighted by Crippen LogP contribution is -2.35. The molecule has 0 aliphatic heterocycles. The molecular weight excluding hydrogens is 242 g/mol. The summed E-state index contributed by atoms with van der Waals surface area (Å²) in [7, 11) is 3.49. The van der Waals surface area contributed by atoms with Crippen LogP contribution < -0.4 is 10.6 Å². The van der Waals surface area contributed by atoms with Crippen LogP contribution >= 0.6 is 0 Å². The lowest BCUT2D eigenvalue weighted by molar-refractivity contribution is 0.0916. The molecule has 0 radical (unpaired) electrons. The first-order chi connectivity index (χ1) is 8.98. The van der Waals surface area contributed by atoms with Gasteiger partial charge in [-0.25, -0.2) is 0 Å². The lowest BCUT2D eigenvalue weighted by atomic mass is 9.89. The number of hydrogen-bond donors (Lipinski definition) is 2. The summed E-state index contributed by atoms with van der Waals surface area (Å²) in [5.41, 5.74) is 1.31. The third-order valence-corrected chi connectivity index (χ3v) is 2.99. The molecule has 19 heavy (non-hydrogen) atoms. The van der Waals surface area contributed by atoms with Crippen LogP contribution in [0.25, 0.3) is 0 Å². The molecule has 1 rings (SSSR count). The van der Waals surface area contributed by atoms with Gasteiger partial charge in [-0.1, -0.05) is 13.8 Å². The van der Waals surface area contributed by atoms with Gasteiger partial charge < -0.3 is 15.4 Å². The van der Waals surface area contributed by atoms with Crippen molar-refractivity contribution < 1.29 is 9.53 Å². The van der Waals surface area contributed by atoms with Crippen LogP contribution in [-0.4, -0.2) is 38.2 Å². The second-order valence-electron chi connectivity index (χ2n) is 5.27. The number of rotatable bonds is 7. The summed E-state index contributed by atoms with van der Waals surface area (Å²) in [6.07, 6.45) is 2.52. The molecule has 0 fully saturated rings. The summed E-state index contributed by atoms with van der Waals surface area (Å²) in [5, 5.41) is 5.90. The first-order valence-electron chi connectivity index (χ1n) is 6.39. The maximum atomic E-state index is 12.0. The fourth-order valence-electron chi connectivity index (χ4n) is 1.59. The number of carbonyl (C=O) groups is 1. The van der Waals surface area contributed by atoms with E-state index in [1.54, 1.807) is 19.4 Å². The van der Waals surface area contributed by atoms with Gasteiger partial charge in [-0.2, -0.15) is 0 Å². The van der Waals surface area contributed by atoms with Gasteiger partial charge in [0, 0.05) is 39.2 Å². The van der Waals surface area contributed by atoms with Crippen LogP contribution in [0.3, 0.4) is 0 Å². The van der Waals surface area contributed by atoms with Crippen LogP contribution in [0.2, 0.25) is 0 Å². The smallest absolute Gasteiger partial charge is 0.269 e. The maximum absolute atomic E-state index is 12.0. The molecule has 0 aliphatic carbocycles. The van der Waals surface area contributed by atoms with Crippen molar-refractivity contribution in [3.8, 4) is 0 Å². The Hall–Kier alpha value is -1.62. The Kier molecular flexibility index (Phi) is 5.76. The maximum Gasteiger partial charge on any atom is 0.269 e. The molecule has 0 saturated heterocycles. The van der Waals surface area contributed by atoms with E-state index in [9.17, 15) is 4.79 Å². The topological polar surface area (TPSA) is 63.2 Å². The van der Waals surface area contributed by atoms with Crippen molar-refractivity contribution in [2.75, 3.05) is 32.6 Å². The molecule has 0 unspecified atom stereocenters. The number of methoxy groups -OCH3 is 1. The van der Waals surface area contributed by atoms with E-state index in [1.807, 2.05) is 13.1 Å². The number of nitrogens with zero attached hydrogens (tertiary/aromatic N) is 1. The van der Waals surface area contributed by atoms with Gasteiger partial charge >= 0.3 is 0 Å². The zero-order valence-electron chi connectivity index (χ0n) is 12.1. The molecule has 0 spiro atoms. The highest BCUT2D eigenvalue weighted by molar-refractivity contribution is 5.93. The van der Waals surface area contributed by atoms with Gasteiger partial charge in [-0.15, -0.1) is 0 Å². The molecule has 0 aliphatic rings. The van der Waals surface area contributed by atoms with Crippen molar-refractivity contribution in [2.24, 2.45) is 5.41 Å². The van der Waals surface area contributed by atoms with E-state index in [0.29, 0.717) is 18.8 Å². The molecule has 1 amide bonds. The van der Waals surface area contributed by atoms with E-state index in [4.69, 9.17) is 4.74 Å². The van der Waals surface area contributed by atoms with Gasteiger partial charge in [0.25, 0.3) is 5.91 Å². The predicted molar refractivity (Wildman–Crippen MR) is 76.4 cm³/mol. The second-order valence-corrected chi connectivity index (χ2v) is 5.27. The van der Waals surface area contributed by atoms with E-state index >= 15 is 0 Å². The SMILES string of the molecule is CNc1ccnc(C(=O)NCC(C)(C)CCOC)c1. The Bertz CT molecular complexity index is 419. The monoisotopic (exact) mass is 265 g/mol. The van der Waals surface area contributed by atoms with Gasteiger partial charge in [0.05, 0.1) is 0 Å². The normalized spacial score (nSPS) is 11.2. The quantitative estimate of drug-likeness (QED) is 0.790. The zero-order chi connectivity index (χ0) is 14.3. The third kappa shape index (κ3) is 5.26. The van der Waals surface area contributed by atoms with Gasteiger partial charge in [-0.3, -0.25) is 9.78 Å². The van der Waals surface area contributed by atoms with E-state index in [0.717, 1.165) is 12.1 Å². The number of aromatic nitrogens is 1. The molecule has 1 aromatic heterocycles. The summed E-state index contributed by atoms with van der Waals surface area (Å²) in [5.74, 6) is -0.150. The minimum atomic E-state index is -0.150. The summed E-state index contributed by atoms with van der Waals surface area (Å²) < 4.78 is 5.07. The molecule has 106 valence electrons. The van der Waals surface area contributed by atoms with Crippen molar-refractivity contribution in [3.63, 3.8) is 0 Å². The molecule has 5 nitrogen and oxygen atoms in total. The first-order valence-corrected chi connectivity index (χ1v) is 6.39. The van der Waals surface area contributed by atoms with Crippen molar-refractivity contribution >= 4 is 11.6 Å². The summed E-state index contributed by atoms with van der Waals surface area (Å²) in [6, 6.07) is 3.55. The van der Waals surface area contributed by atoms with E-state index < -0.39 is 0 Å². The first kappa shape index (κ1) is 15.4. The van der Waals surface area contributed by atoms with Crippen LogP contribution in [0.15, 0.2) is 18.3 Å². The second kappa shape index (κ2) is 7.09. The number of pyridine rings is 1. The minimum absolute atomic E-state index is 0.00624. The highest BCUT2D eigenvalue weighted by Crippen LogP contribution is 2.19. The summed E-state index contributed by atoms with van der Waals surface area (Å²) in [4.78, 5) is 16.1. The molecule has 2 N–H and O–H groups in total. The average molecular weight is 265 g/mol. The standard InChI is InChI=1S/C14H23N3O2/c1-14(2,6-8-19-4)10-17-13(18)12-9-11(15-3)5-7-16-12/h5,7,9H,6,8,10H2,1-4H3,(H,15,16)(H,17,18). The van der Waals surface area contributed by atoms with Gasteiger partial charge in [-0.05, 0) is 24.0 Å². The lowest BCUT2D eigenvalue weighted by Gasteiger charge is -2.24. The fraction of sp³-hybridized carbons (Fsp3) is 0.571. The predicted octanol–water partition coefficient (Wildman–Crippen LogP) is 1.92.